The van der Waals surface area contributed by atoms with Crippen molar-refractivity contribution in [2.24, 2.45) is 0 Å². The summed E-state index contributed by atoms with van der Waals surface area (Å²) in [6.07, 6.45) is 0. The highest BCUT2D eigenvalue weighted by Gasteiger charge is 2.28. The average molecular weight is 521 g/mol. The first-order valence-electron chi connectivity index (χ1n) is 12.0. The third-order valence-electron chi connectivity index (χ3n) is 6.78. The van der Waals surface area contributed by atoms with Gasteiger partial charge < -0.3 is 14.5 Å². The van der Waals surface area contributed by atoms with Crippen LogP contribution in [0.1, 0.15) is 5.56 Å². The van der Waals surface area contributed by atoms with Crippen molar-refractivity contribution in [3.05, 3.63) is 88.8 Å². The summed E-state index contributed by atoms with van der Waals surface area (Å²) in [4.78, 5) is 30.6. The van der Waals surface area contributed by atoms with E-state index < -0.39 is 15.7 Å². The summed E-state index contributed by atoms with van der Waals surface area (Å²) in [6.45, 7) is 4.22. The van der Waals surface area contributed by atoms with Gasteiger partial charge in [-0.1, -0.05) is 30.3 Å². The number of aromatic nitrogens is 2. The number of hydrogen-bond donors (Lipinski definition) is 0. The molecule has 10 heteroatoms. The summed E-state index contributed by atoms with van der Waals surface area (Å²) >= 11 is 0. The molecule has 192 valence electrons. The van der Waals surface area contributed by atoms with E-state index >= 15 is 0 Å². The van der Waals surface area contributed by atoms with Gasteiger partial charge in [0.15, 0.2) is 0 Å². The van der Waals surface area contributed by atoms with Crippen LogP contribution in [-0.2, 0) is 21.4 Å². The number of methoxy groups -OCH3 is 1. The van der Waals surface area contributed by atoms with Gasteiger partial charge in [0.1, 0.15) is 12.3 Å². The lowest BCUT2D eigenvalue weighted by Crippen LogP contribution is -2.50. The topological polar surface area (TPSA) is 93.8 Å². The van der Waals surface area contributed by atoms with E-state index in [4.69, 9.17) is 4.74 Å². The number of aryl methyl sites for hydroxylation is 1. The van der Waals surface area contributed by atoms with Crippen molar-refractivity contribution in [2.45, 2.75) is 18.4 Å². The number of ether oxygens (including phenoxy) is 1. The maximum Gasteiger partial charge on any atom is 0.343 e. The fraction of sp³-hybridized carbons (Fsp3) is 0.259. The zero-order chi connectivity index (χ0) is 26.2. The number of nitrogens with zero attached hydrogens (tertiary/aromatic N) is 4. The van der Waals surface area contributed by atoms with Gasteiger partial charge in [-0.25, -0.2) is 13.2 Å². The third kappa shape index (κ3) is 4.48. The van der Waals surface area contributed by atoms with Crippen LogP contribution in [0.15, 0.2) is 82.5 Å². The Balaban J connectivity index is 1.42. The Bertz CT molecular complexity index is 1610. The molecule has 0 atom stereocenters. The minimum atomic E-state index is -4.21. The molecule has 0 aliphatic carbocycles. The molecule has 4 aromatic rings. The van der Waals surface area contributed by atoms with Crippen molar-refractivity contribution < 1.29 is 17.9 Å². The average Bonchev–Trinajstić information content (AvgIpc) is 3.20. The van der Waals surface area contributed by atoms with Gasteiger partial charge in [-0.05, 0) is 55.0 Å². The molecule has 1 fully saturated rings. The zero-order valence-corrected chi connectivity index (χ0v) is 21.5. The summed E-state index contributed by atoms with van der Waals surface area (Å²) in [5.41, 5.74) is 2.17. The quantitative estimate of drug-likeness (QED) is 0.388. The van der Waals surface area contributed by atoms with Gasteiger partial charge in [0.2, 0.25) is 5.91 Å². The molecule has 9 nitrogen and oxygen atoms in total. The number of imidazole rings is 1. The van der Waals surface area contributed by atoms with Crippen LogP contribution in [0, 0.1) is 6.92 Å². The Hall–Kier alpha value is -4.05. The Labute approximate surface area is 215 Å². The number of carbonyl (C=O) groups excluding carboxylic acids is 1. The fourth-order valence-corrected chi connectivity index (χ4v) is 6.18. The molecule has 0 spiro atoms. The molecule has 1 amide bonds. The van der Waals surface area contributed by atoms with E-state index in [2.05, 4.69) is 24.0 Å². The summed E-state index contributed by atoms with van der Waals surface area (Å²) in [6, 6.07) is 20.6. The maximum atomic E-state index is 13.5. The van der Waals surface area contributed by atoms with E-state index in [0.717, 1.165) is 9.66 Å². The molecule has 1 saturated heterocycles. The second-order valence-electron chi connectivity index (χ2n) is 8.96. The number of para-hydroxylation sites is 3. The van der Waals surface area contributed by atoms with Crippen molar-refractivity contribution in [1.82, 2.24) is 13.4 Å². The summed E-state index contributed by atoms with van der Waals surface area (Å²) in [5, 5.41) is 0. The van der Waals surface area contributed by atoms with Crippen molar-refractivity contribution in [3.63, 3.8) is 0 Å². The normalized spacial score (nSPS) is 14.2. The van der Waals surface area contributed by atoms with E-state index in [1.807, 2.05) is 12.1 Å². The third-order valence-corrected chi connectivity index (χ3v) is 8.48. The van der Waals surface area contributed by atoms with Crippen molar-refractivity contribution >= 4 is 32.7 Å². The number of anilines is 1. The smallest absolute Gasteiger partial charge is 0.343 e. The molecule has 1 aromatic heterocycles. The number of benzene rings is 3. The largest absolute Gasteiger partial charge is 0.497 e. The number of fused-ring (bicyclic) bond motifs is 1. The number of amides is 1. The van der Waals surface area contributed by atoms with Crippen molar-refractivity contribution in [1.29, 1.82) is 0 Å². The van der Waals surface area contributed by atoms with Gasteiger partial charge in [-0.15, -0.1) is 0 Å². The van der Waals surface area contributed by atoms with Crippen LogP contribution in [0.5, 0.6) is 5.75 Å². The predicted molar refractivity (Wildman–Crippen MR) is 142 cm³/mol. The molecule has 1 aliphatic rings. The SMILES string of the molecule is COc1ccc(S(=O)(=O)n2c(=O)n(CC(=O)N3CCN(c4ccccc4C)CC3)c3ccccc32)cc1. The van der Waals surface area contributed by atoms with Crippen LogP contribution in [0.3, 0.4) is 0 Å². The Morgan fingerprint density at radius 3 is 2.14 bits per heavy atom. The highest BCUT2D eigenvalue weighted by molar-refractivity contribution is 7.90. The van der Waals surface area contributed by atoms with Crippen LogP contribution in [0.4, 0.5) is 5.69 Å². The maximum absolute atomic E-state index is 13.5. The van der Waals surface area contributed by atoms with E-state index in [9.17, 15) is 18.0 Å². The van der Waals surface area contributed by atoms with E-state index in [-0.39, 0.29) is 22.9 Å². The van der Waals surface area contributed by atoms with Crippen molar-refractivity contribution in [3.8, 4) is 5.75 Å². The summed E-state index contributed by atoms with van der Waals surface area (Å²) in [7, 11) is -2.72. The van der Waals surface area contributed by atoms with Gasteiger partial charge in [0.05, 0.1) is 23.0 Å². The van der Waals surface area contributed by atoms with Crippen LogP contribution in [0.2, 0.25) is 0 Å². The zero-order valence-electron chi connectivity index (χ0n) is 20.7. The van der Waals surface area contributed by atoms with Gasteiger partial charge >= 0.3 is 5.69 Å². The molecular formula is C27H28N4O5S. The monoisotopic (exact) mass is 520 g/mol. The molecule has 3 aromatic carbocycles. The van der Waals surface area contributed by atoms with Crippen LogP contribution in [-0.4, -0.2) is 61.1 Å². The van der Waals surface area contributed by atoms with Gasteiger partial charge in [-0.2, -0.15) is 3.97 Å². The Morgan fingerprint density at radius 2 is 1.49 bits per heavy atom. The predicted octanol–water partition coefficient (Wildman–Crippen LogP) is 2.71. The first kappa shape index (κ1) is 24.6. The van der Waals surface area contributed by atoms with Crippen LogP contribution in [0.25, 0.3) is 11.0 Å². The molecule has 0 N–H and O–H groups in total. The summed E-state index contributed by atoms with van der Waals surface area (Å²) in [5.74, 6) is 0.276. The second kappa shape index (κ2) is 9.78. The minimum Gasteiger partial charge on any atom is -0.497 e. The van der Waals surface area contributed by atoms with E-state index in [1.54, 1.807) is 29.2 Å². The van der Waals surface area contributed by atoms with Crippen molar-refractivity contribution in [2.75, 3.05) is 38.2 Å². The van der Waals surface area contributed by atoms with Gasteiger partial charge in [-0.3, -0.25) is 9.36 Å². The first-order valence-corrected chi connectivity index (χ1v) is 13.4. The molecule has 0 bridgehead atoms. The minimum absolute atomic E-state index is 0.0445. The van der Waals surface area contributed by atoms with E-state index in [1.165, 1.54) is 41.5 Å². The molecule has 5 rings (SSSR count). The lowest BCUT2D eigenvalue weighted by molar-refractivity contribution is -0.132. The highest BCUT2D eigenvalue weighted by Crippen LogP contribution is 2.23. The number of carbonyl (C=O) groups is 1. The van der Waals surface area contributed by atoms with Crippen LogP contribution >= 0.6 is 0 Å². The highest BCUT2D eigenvalue weighted by atomic mass is 32.2. The molecule has 0 unspecified atom stereocenters. The standard InChI is InChI=1S/C27H28N4O5S/c1-20-7-3-4-8-23(20)28-15-17-29(18-16-28)26(32)19-30-24-9-5-6-10-25(24)31(27(30)33)37(34,35)22-13-11-21(36-2)12-14-22/h3-14H,15-19H2,1-2H3. The summed E-state index contributed by atoms with van der Waals surface area (Å²) < 4.78 is 34.1. The first-order chi connectivity index (χ1) is 17.8. The molecule has 0 radical (unpaired) electrons. The Morgan fingerprint density at radius 1 is 0.865 bits per heavy atom. The number of rotatable bonds is 6. The van der Waals surface area contributed by atoms with Crippen LogP contribution < -0.4 is 15.3 Å². The Kier molecular flexibility index (Phi) is 6.51. The number of hydrogen-bond acceptors (Lipinski definition) is 6. The molecule has 0 saturated carbocycles. The second-order valence-corrected chi connectivity index (χ2v) is 10.7. The van der Waals surface area contributed by atoms with Gasteiger partial charge in [0.25, 0.3) is 10.0 Å². The molecule has 37 heavy (non-hydrogen) atoms. The molecule has 2 heterocycles. The van der Waals surface area contributed by atoms with E-state index in [0.29, 0.717) is 37.4 Å². The van der Waals surface area contributed by atoms with Gasteiger partial charge in [0, 0.05) is 31.9 Å². The molecule has 1 aliphatic heterocycles. The lowest BCUT2D eigenvalue weighted by atomic mass is 10.1. The fourth-order valence-electron chi connectivity index (χ4n) is 4.77. The molecular weight excluding hydrogens is 492 g/mol. The number of piperazine rings is 1. The lowest BCUT2D eigenvalue weighted by Gasteiger charge is -2.36.